The van der Waals surface area contributed by atoms with Crippen LogP contribution in [0.5, 0.6) is 0 Å². The largest absolute Gasteiger partial charge is 0.460 e. The highest BCUT2D eigenvalue weighted by atomic mass is 19.4. The molecule has 1 aliphatic rings. The second kappa shape index (κ2) is 8.78. The van der Waals surface area contributed by atoms with Crippen molar-refractivity contribution in [2.24, 2.45) is 5.92 Å². The second-order valence-corrected chi connectivity index (χ2v) is 7.31. The lowest BCUT2D eigenvalue weighted by molar-refractivity contribution is -0.440. The summed E-state index contributed by atoms with van der Waals surface area (Å²) in [6.07, 6.45) is -11.7. The van der Waals surface area contributed by atoms with E-state index in [1.54, 1.807) is 30.3 Å². The number of halogens is 13. The van der Waals surface area contributed by atoms with Crippen LogP contribution in [0, 0.1) is 5.92 Å². The number of hydrogen-bond acceptors (Lipinski definition) is 2. The normalized spacial score (nSPS) is 21.8. The zero-order chi connectivity index (χ0) is 25.5. The predicted octanol–water partition coefficient (Wildman–Crippen LogP) is 6.87. The van der Waals surface area contributed by atoms with Gasteiger partial charge in [-0.15, -0.1) is 0 Å². The van der Waals surface area contributed by atoms with Crippen LogP contribution in [0.2, 0.25) is 0 Å². The fraction of sp³-hybridized carbons (Fsp3) is 0.667. The Kier molecular flexibility index (Phi) is 7.31. The van der Waals surface area contributed by atoms with Gasteiger partial charge in [-0.1, -0.05) is 30.3 Å². The maximum atomic E-state index is 13.8. The van der Waals surface area contributed by atoms with E-state index in [0.717, 1.165) is 0 Å². The highest BCUT2D eigenvalue weighted by Gasteiger charge is 2.90. The highest BCUT2D eigenvalue weighted by molar-refractivity contribution is 5.16. The molecule has 0 spiro atoms. The molecular weight excluding hydrogens is 495 g/mol. The molecule has 1 heterocycles. The van der Waals surface area contributed by atoms with E-state index in [1.165, 1.54) is 0 Å². The van der Waals surface area contributed by atoms with Crippen molar-refractivity contribution in [1.29, 1.82) is 0 Å². The van der Waals surface area contributed by atoms with Crippen molar-refractivity contribution < 1.29 is 66.5 Å². The first-order valence-corrected chi connectivity index (χ1v) is 9.03. The molecule has 1 fully saturated rings. The van der Waals surface area contributed by atoms with Crippen LogP contribution in [0.25, 0.3) is 0 Å². The predicted molar refractivity (Wildman–Crippen MR) is 84.6 cm³/mol. The van der Waals surface area contributed by atoms with Crippen molar-refractivity contribution in [3.05, 3.63) is 35.9 Å². The molecule has 0 atom stereocenters. The Morgan fingerprint density at radius 2 is 1.09 bits per heavy atom. The van der Waals surface area contributed by atoms with Crippen LogP contribution in [-0.2, 0) is 9.47 Å². The average Bonchev–Trinajstić information content (AvgIpc) is 2.72. The Morgan fingerprint density at radius 3 is 1.55 bits per heavy atom. The van der Waals surface area contributed by atoms with Crippen LogP contribution < -0.4 is 0 Å². The summed E-state index contributed by atoms with van der Waals surface area (Å²) in [5, 5.41) is 0. The summed E-state index contributed by atoms with van der Waals surface area (Å²) in [7, 11) is 0. The molecule has 0 aliphatic carbocycles. The third kappa shape index (κ3) is 4.75. The van der Waals surface area contributed by atoms with E-state index in [0.29, 0.717) is 5.56 Å². The molecule has 2 nitrogen and oxygen atoms in total. The molecule has 33 heavy (non-hydrogen) atoms. The average molecular weight is 510 g/mol. The maximum Gasteiger partial charge on any atom is 0.460 e. The van der Waals surface area contributed by atoms with Crippen LogP contribution in [-0.4, -0.2) is 49.0 Å². The van der Waals surface area contributed by atoms with Gasteiger partial charge < -0.3 is 9.47 Å². The van der Waals surface area contributed by atoms with Gasteiger partial charge in [-0.05, 0) is 6.42 Å². The van der Waals surface area contributed by atoms with Gasteiger partial charge in [0.15, 0.2) is 6.29 Å². The van der Waals surface area contributed by atoms with E-state index >= 15 is 0 Å². The summed E-state index contributed by atoms with van der Waals surface area (Å²) in [6, 6.07) is 8.00. The van der Waals surface area contributed by atoms with Gasteiger partial charge in [0.1, 0.15) is 0 Å². The molecule has 0 radical (unpaired) electrons. The lowest BCUT2D eigenvalue weighted by Crippen LogP contribution is -2.70. The second-order valence-electron chi connectivity index (χ2n) is 7.31. The number of ether oxygens (including phenoxy) is 2. The van der Waals surface area contributed by atoms with E-state index in [-0.39, 0.29) is 0 Å². The van der Waals surface area contributed by atoms with Crippen molar-refractivity contribution in [2.45, 2.75) is 54.9 Å². The van der Waals surface area contributed by atoms with Gasteiger partial charge >= 0.3 is 35.8 Å². The summed E-state index contributed by atoms with van der Waals surface area (Å²) < 4.78 is 181. The van der Waals surface area contributed by atoms with Crippen LogP contribution >= 0.6 is 0 Å². The Labute approximate surface area is 177 Å². The van der Waals surface area contributed by atoms with Gasteiger partial charge in [0.2, 0.25) is 0 Å². The molecular formula is C18H15F13O2. The summed E-state index contributed by atoms with van der Waals surface area (Å²) >= 11 is 0. The van der Waals surface area contributed by atoms with Gasteiger partial charge in [-0.25, -0.2) is 0 Å². The molecule has 0 saturated carbocycles. The van der Waals surface area contributed by atoms with Crippen LogP contribution in [0.4, 0.5) is 57.1 Å². The topological polar surface area (TPSA) is 18.5 Å². The Hall–Kier alpha value is -1.77. The van der Waals surface area contributed by atoms with Gasteiger partial charge in [0.25, 0.3) is 0 Å². The van der Waals surface area contributed by atoms with Crippen LogP contribution in [0.15, 0.2) is 30.3 Å². The first kappa shape index (κ1) is 27.5. The van der Waals surface area contributed by atoms with Crippen molar-refractivity contribution in [2.75, 3.05) is 13.2 Å². The lowest BCUT2D eigenvalue weighted by atomic mass is 9.90. The van der Waals surface area contributed by atoms with Crippen LogP contribution in [0.1, 0.15) is 24.7 Å². The van der Waals surface area contributed by atoms with Crippen molar-refractivity contribution in [1.82, 2.24) is 0 Å². The molecule has 0 N–H and O–H groups in total. The molecule has 0 amide bonds. The molecule has 0 bridgehead atoms. The summed E-state index contributed by atoms with van der Waals surface area (Å²) in [5.74, 6) is -37.8. The molecule has 1 aliphatic heterocycles. The number of benzene rings is 1. The number of rotatable bonds is 8. The van der Waals surface area contributed by atoms with E-state index in [1.807, 2.05) is 0 Å². The zero-order valence-electron chi connectivity index (χ0n) is 16.1. The summed E-state index contributed by atoms with van der Waals surface area (Å²) in [5.41, 5.74) is 0.500. The fourth-order valence-corrected chi connectivity index (χ4v) is 2.86. The van der Waals surface area contributed by atoms with Crippen LogP contribution in [0.3, 0.4) is 0 Å². The van der Waals surface area contributed by atoms with Crippen molar-refractivity contribution in [3.8, 4) is 0 Å². The number of alkyl halides is 13. The van der Waals surface area contributed by atoms with E-state index in [4.69, 9.17) is 9.47 Å². The molecule has 15 heteroatoms. The van der Waals surface area contributed by atoms with Gasteiger partial charge in [0, 0.05) is 17.9 Å². The maximum absolute atomic E-state index is 13.8. The molecule has 1 aromatic rings. The van der Waals surface area contributed by atoms with E-state index in [9.17, 15) is 57.1 Å². The van der Waals surface area contributed by atoms with Gasteiger partial charge in [0.05, 0.1) is 13.2 Å². The first-order chi connectivity index (χ1) is 14.8. The Balaban J connectivity index is 2.10. The molecule has 0 unspecified atom stereocenters. The fourth-order valence-electron chi connectivity index (χ4n) is 2.86. The summed E-state index contributed by atoms with van der Waals surface area (Å²) in [4.78, 5) is 0. The molecule has 190 valence electrons. The van der Waals surface area contributed by atoms with E-state index in [2.05, 4.69) is 0 Å². The third-order valence-electron chi connectivity index (χ3n) is 4.90. The Bertz CT molecular complexity index is 784. The minimum Gasteiger partial charge on any atom is -0.348 e. The van der Waals surface area contributed by atoms with Gasteiger partial charge in [-0.3, -0.25) is 0 Å². The molecule has 0 aromatic heterocycles. The number of hydrogen-bond donors (Lipinski definition) is 0. The minimum atomic E-state index is -7.88. The minimum absolute atomic E-state index is 0.403. The Morgan fingerprint density at radius 1 is 0.636 bits per heavy atom. The monoisotopic (exact) mass is 510 g/mol. The standard InChI is InChI=1S/C18H15F13O2/c19-13(20,7-6-10-8-32-12(33-9-10)11-4-2-1-3-5-11)14(21,22)15(23,24)16(25,26)17(27,28)18(29,30)31/h1-5,10,12H,6-9H2/t10-,12-. The molecule has 1 saturated heterocycles. The summed E-state index contributed by atoms with van der Waals surface area (Å²) in [6.45, 7) is -0.806. The molecule has 2 rings (SSSR count). The zero-order valence-corrected chi connectivity index (χ0v) is 16.1. The van der Waals surface area contributed by atoms with Crippen molar-refractivity contribution >= 4 is 0 Å². The van der Waals surface area contributed by atoms with E-state index < -0.39 is 74.1 Å². The third-order valence-corrected chi connectivity index (χ3v) is 4.90. The highest BCUT2D eigenvalue weighted by Crippen LogP contribution is 2.60. The quantitative estimate of drug-likeness (QED) is 0.356. The smallest absolute Gasteiger partial charge is 0.348 e. The van der Waals surface area contributed by atoms with Crippen molar-refractivity contribution in [3.63, 3.8) is 0 Å². The first-order valence-electron chi connectivity index (χ1n) is 9.03. The van der Waals surface area contributed by atoms with Gasteiger partial charge in [-0.2, -0.15) is 57.1 Å². The molecule has 1 aromatic carbocycles. The SMILES string of the molecule is FC(F)(F)C(F)(F)C(F)(F)C(F)(F)C(F)(F)C(F)(F)CC[C@H]1CO[C@H](c2ccccc2)OC1. The lowest BCUT2D eigenvalue weighted by Gasteiger charge is -2.40.